The molecule has 1 aliphatic heterocycles. The van der Waals surface area contributed by atoms with Gasteiger partial charge in [-0.25, -0.2) is 4.79 Å². The minimum Gasteiger partial charge on any atom is -0.444 e. The molecule has 0 aromatic heterocycles. The molecule has 1 amide bonds. The SMILES string of the molecule is CC(C)(C)OC(=O)N(Cc1ccccc1)CC1CNC1. The zero-order chi connectivity index (χ0) is 14.6. The molecule has 1 aromatic carbocycles. The van der Waals surface area contributed by atoms with E-state index in [4.69, 9.17) is 4.74 Å². The van der Waals surface area contributed by atoms with E-state index in [9.17, 15) is 4.79 Å². The summed E-state index contributed by atoms with van der Waals surface area (Å²) in [6, 6.07) is 10.0. The summed E-state index contributed by atoms with van der Waals surface area (Å²) in [5, 5.41) is 3.24. The molecule has 0 radical (unpaired) electrons. The van der Waals surface area contributed by atoms with E-state index < -0.39 is 5.60 Å². The monoisotopic (exact) mass is 276 g/mol. The second kappa shape index (κ2) is 6.27. The van der Waals surface area contributed by atoms with Gasteiger partial charge in [-0.05, 0) is 26.3 Å². The van der Waals surface area contributed by atoms with Crippen molar-refractivity contribution in [1.29, 1.82) is 0 Å². The Bertz CT molecular complexity index is 436. The van der Waals surface area contributed by atoms with Crippen LogP contribution in [0.4, 0.5) is 4.79 Å². The average molecular weight is 276 g/mol. The van der Waals surface area contributed by atoms with Crippen LogP contribution in [0.2, 0.25) is 0 Å². The van der Waals surface area contributed by atoms with Crippen LogP contribution in [-0.2, 0) is 11.3 Å². The van der Waals surface area contributed by atoms with Crippen molar-refractivity contribution in [2.24, 2.45) is 5.92 Å². The van der Waals surface area contributed by atoms with Gasteiger partial charge in [0, 0.05) is 32.1 Å². The van der Waals surface area contributed by atoms with Gasteiger partial charge in [-0.15, -0.1) is 0 Å². The minimum atomic E-state index is -0.454. The van der Waals surface area contributed by atoms with Crippen molar-refractivity contribution < 1.29 is 9.53 Å². The first kappa shape index (κ1) is 14.9. The molecule has 1 aliphatic rings. The fraction of sp³-hybridized carbons (Fsp3) is 0.562. The summed E-state index contributed by atoms with van der Waals surface area (Å²) in [6.45, 7) is 9.01. The molecule has 1 heterocycles. The highest BCUT2D eigenvalue weighted by Crippen LogP contribution is 2.15. The molecule has 1 aromatic rings. The van der Waals surface area contributed by atoms with E-state index in [1.165, 1.54) is 0 Å². The topological polar surface area (TPSA) is 41.6 Å². The van der Waals surface area contributed by atoms with Crippen LogP contribution in [0.3, 0.4) is 0 Å². The second-order valence-corrected chi connectivity index (χ2v) is 6.37. The maximum Gasteiger partial charge on any atom is 0.410 e. The number of nitrogens with zero attached hydrogens (tertiary/aromatic N) is 1. The molecule has 0 atom stereocenters. The Morgan fingerprint density at radius 2 is 1.95 bits per heavy atom. The normalized spacial score (nSPS) is 15.6. The third kappa shape index (κ3) is 4.53. The van der Waals surface area contributed by atoms with Crippen molar-refractivity contribution in [2.45, 2.75) is 32.9 Å². The first-order chi connectivity index (χ1) is 9.44. The highest BCUT2D eigenvalue weighted by Gasteiger charge is 2.27. The third-order valence-corrected chi connectivity index (χ3v) is 3.21. The fourth-order valence-corrected chi connectivity index (χ4v) is 2.12. The Morgan fingerprint density at radius 3 is 2.45 bits per heavy atom. The van der Waals surface area contributed by atoms with Crippen molar-refractivity contribution in [3.63, 3.8) is 0 Å². The zero-order valence-electron chi connectivity index (χ0n) is 12.6. The highest BCUT2D eigenvalue weighted by molar-refractivity contribution is 5.68. The lowest BCUT2D eigenvalue weighted by atomic mass is 10.0. The van der Waals surface area contributed by atoms with E-state index in [-0.39, 0.29) is 6.09 Å². The van der Waals surface area contributed by atoms with E-state index in [1.54, 1.807) is 0 Å². The van der Waals surface area contributed by atoms with Gasteiger partial charge in [-0.1, -0.05) is 30.3 Å². The van der Waals surface area contributed by atoms with Crippen molar-refractivity contribution in [3.8, 4) is 0 Å². The van der Waals surface area contributed by atoms with Gasteiger partial charge >= 0.3 is 6.09 Å². The van der Waals surface area contributed by atoms with Crippen molar-refractivity contribution in [3.05, 3.63) is 35.9 Å². The molecule has 1 fully saturated rings. The van der Waals surface area contributed by atoms with Crippen LogP contribution in [0.1, 0.15) is 26.3 Å². The van der Waals surface area contributed by atoms with Gasteiger partial charge in [0.25, 0.3) is 0 Å². The van der Waals surface area contributed by atoms with Gasteiger partial charge in [0.05, 0.1) is 0 Å². The van der Waals surface area contributed by atoms with Gasteiger partial charge in [0.15, 0.2) is 0 Å². The summed E-state index contributed by atoms with van der Waals surface area (Å²) in [7, 11) is 0. The molecular weight excluding hydrogens is 252 g/mol. The molecule has 20 heavy (non-hydrogen) atoms. The molecule has 0 unspecified atom stereocenters. The quantitative estimate of drug-likeness (QED) is 0.919. The molecule has 0 bridgehead atoms. The lowest BCUT2D eigenvalue weighted by molar-refractivity contribution is 0.0184. The molecule has 110 valence electrons. The Balaban J connectivity index is 2.01. The number of carbonyl (C=O) groups is 1. The largest absolute Gasteiger partial charge is 0.444 e. The van der Waals surface area contributed by atoms with Crippen LogP contribution in [0.5, 0.6) is 0 Å². The van der Waals surface area contributed by atoms with Crippen LogP contribution < -0.4 is 5.32 Å². The first-order valence-electron chi connectivity index (χ1n) is 7.16. The minimum absolute atomic E-state index is 0.228. The first-order valence-corrected chi connectivity index (χ1v) is 7.16. The molecule has 1 saturated heterocycles. The number of hydrogen-bond acceptors (Lipinski definition) is 3. The Labute approximate surface area is 121 Å². The Morgan fingerprint density at radius 1 is 1.30 bits per heavy atom. The molecule has 0 aliphatic carbocycles. The van der Waals surface area contributed by atoms with Gasteiger partial charge in [0.2, 0.25) is 0 Å². The smallest absolute Gasteiger partial charge is 0.410 e. The summed E-state index contributed by atoms with van der Waals surface area (Å²) in [6.07, 6.45) is -0.228. The number of amides is 1. The van der Waals surface area contributed by atoms with Gasteiger partial charge < -0.3 is 15.0 Å². The summed E-state index contributed by atoms with van der Waals surface area (Å²) in [5.74, 6) is 0.534. The second-order valence-electron chi connectivity index (χ2n) is 6.37. The standard InChI is InChI=1S/C16H24N2O2/c1-16(2,3)20-15(19)18(12-14-9-17-10-14)11-13-7-5-4-6-8-13/h4-8,14,17H,9-12H2,1-3H3. The maximum absolute atomic E-state index is 12.3. The predicted molar refractivity (Wildman–Crippen MR) is 79.4 cm³/mol. The van der Waals surface area contributed by atoms with E-state index in [1.807, 2.05) is 56.0 Å². The zero-order valence-corrected chi connectivity index (χ0v) is 12.6. The molecule has 0 saturated carbocycles. The van der Waals surface area contributed by atoms with Crippen molar-refractivity contribution in [2.75, 3.05) is 19.6 Å². The van der Waals surface area contributed by atoms with Gasteiger partial charge in [0.1, 0.15) is 5.60 Å². The Hall–Kier alpha value is -1.55. The fourth-order valence-electron chi connectivity index (χ4n) is 2.12. The lowest BCUT2D eigenvalue weighted by Gasteiger charge is -2.34. The molecule has 0 spiro atoms. The van der Waals surface area contributed by atoms with Gasteiger partial charge in [-0.3, -0.25) is 0 Å². The number of hydrogen-bond donors (Lipinski definition) is 1. The number of carbonyl (C=O) groups excluding carboxylic acids is 1. The molecular formula is C16H24N2O2. The van der Waals surface area contributed by atoms with Crippen LogP contribution >= 0.6 is 0 Å². The summed E-state index contributed by atoms with van der Waals surface area (Å²) in [4.78, 5) is 14.1. The predicted octanol–water partition coefficient (Wildman–Crippen LogP) is 2.64. The lowest BCUT2D eigenvalue weighted by Crippen LogP contribution is -2.50. The van der Waals surface area contributed by atoms with E-state index >= 15 is 0 Å². The molecule has 4 heteroatoms. The van der Waals surface area contributed by atoms with Crippen molar-refractivity contribution >= 4 is 6.09 Å². The summed E-state index contributed by atoms with van der Waals surface area (Å²) >= 11 is 0. The van der Waals surface area contributed by atoms with Crippen LogP contribution in [0, 0.1) is 5.92 Å². The number of nitrogens with one attached hydrogen (secondary N) is 1. The maximum atomic E-state index is 12.3. The summed E-state index contributed by atoms with van der Waals surface area (Å²) in [5.41, 5.74) is 0.676. The summed E-state index contributed by atoms with van der Waals surface area (Å²) < 4.78 is 5.51. The van der Waals surface area contributed by atoms with Crippen molar-refractivity contribution in [1.82, 2.24) is 10.2 Å². The third-order valence-electron chi connectivity index (χ3n) is 3.21. The van der Waals surface area contributed by atoms with Crippen LogP contribution in [-0.4, -0.2) is 36.2 Å². The number of ether oxygens (including phenoxy) is 1. The molecule has 2 rings (SSSR count). The average Bonchev–Trinajstić information content (AvgIpc) is 2.31. The molecule has 1 N–H and O–H groups in total. The van der Waals surface area contributed by atoms with E-state index in [0.29, 0.717) is 12.5 Å². The van der Waals surface area contributed by atoms with Gasteiger partial charge in [-0.2, -0.15) is 0 Å². The Kier molecular flexibility index (Phi) is 4.65. The van der Waals surface area contributed by atoms with E-state index in [2.05, 4.69) is 5.32 Å². The van der Waals surface area contributed by atoms with Crippen LogP contribution in [0.25, 0.3) is 0 Å². The number of benzene rings is 1. The highest BCUT2D eigenvalue weighted by atomic mass is 16.6. The van der Waals surface area contributed by atoms with Crippen LogP contribution in [0.15, 0.2) is 30.3 Å². The van der Waals surface area contributed by atoms with E-state index in [0.717, 1.165) is 25.2 Å². The molecule has 4 nitrogen and oxygen atoms in total. The number of rotatable bonds is 4.